The van der Waals surface area contributed by atoms with Gasteiger partial charge < -0.3 is 14.8 Å². The van der Waals surface area contributed by atoms with Crippen molar-refractivity contribution < 1.29 is 18.7 Å². The fourth-order valence-electron chi connectivity index (χ4n) is 1.63. The molecule has 0 bridgehead atoms. The number of benzene rings is 1. The normalized spacial score (nSPS) is 10.1. The number of nitrogens with one attached hydrogen (secondary N) is 1. The minimum absolute atomic E-state index is 0.0967. The molecule has 0 amide bonds. The fourth-order valence-corrected chi connectivity index (χ4v) is 1.76. The van der Waals surface area contributed by atoms with Crippen LogP contribution in [0.25, 0.3) is 0 Å². The fraction of sp³-hybridized carbons (Fsp3) is 0.154. The maximum Gasteiger partial charge on any atom is 0.341 e. The zero-order chi connectivity index (χ0) is 15.4. The Balaban J connectivity index is 2.36. The molecule has 1 heterocycles. The van der Waals surface area contributed by atoms with Gasteiger partial charge in [-0.25, -0.2) is 14.2 Å². The van der Waals surface area contributed by atoms with Crippen molar-refractivity contribution >= 4 is 29.1 Å². The lowest BCUT2D eigenvalue weighted by atomic mass is 10.1. The number of rotatable bonds is 4. The highest BCUT2D eigenvalue weighted by Gasteiger charge is 2.14. The second kappa shape index (κ2) is 6.36. The van der Waals surface area contributed by atoms with Crippen LogP contribution in [0.3, 0.4) is 0 Å². The molecule has 0 radical (unpaired) electrons. The molecule has 1 aromatic carbocycles. The van der Waals surface area contributed by atoms with Crippen molar-refractivity contribution in [3.8, 4) is 5.75 Å². The summed E-state index contributed by atoms with van der Waals surface area (Å²) in [5.74, 6) is -1.00. The number of carbonyl (C=O) groups is 1. The molecule has 8 heteroatoms. The zero-order valence-corrected chi connectivity index (χ0v) is 11.9. The molecule has 110 valence electrons. The zero-order valence-electron chi connectivity index (χ0n) is 11.2. The molecule has 1 N–H and O–H groups in total. The maximum absolute atomic E-state index is 13.6. The number of aromatic nitrogens is 2. The summed E-state index contributed by atoms with van der Waals surface area (Å²) < 4.78 is 23.3. The van der Waals surface area contributed by atoms with Gasteiger partial charge >= 0.3 is 5.97 Å². The van der Waals surface area contributed by atoms with Crippen molar-refractivity contribution in [1.82, 2.24) is 9.97 Å². The van der Waals surface area contributed by atoms with E-state index in [2.05, 4.69) is 20.0 Å². The number of hydrogen-bond acceptors (Lipinski definition) is 6. The predicted molar refractivity (Wildman–Crippen MR) is 74.6 cm³/mol. The van der Waals surface area contributed by atoms with E-state index >= 15 is 0 Å². The average Bonchev–Trinajstić information content (AvgIpc) is 2.50. The molecule has 0 saturated carbocycles. The lowest BCUT2D eigenvalue weighted by Crippen LogP contribution is -2.06. The van der Waals surface area contributed by atoms with Gasteiger partial charge in [0.05, 0.1) is 20.4 Å². The lowest BCUT2D eigenvalue weighted by molar-refractivity contribution is 0.0597. The number of anilines is 2. The topological polar surface area (TPSA) is 73.3 Å². The molecular weight excluding hydrogens is 301 g/mol. The molecule has 0 unspecified atom stereocenters. The molecule has 0 aliphatic heterocycles. The molecule has 1 aromatic heterocycles. The van der Waals surface area contributed by atoms with Crippen LogP contribution in [-0.2, 0) is 4.74 Å². The Morgan fingerprint density at radius 3 is 2.81 bits per heavy atom. The molecule has 0 fully saturated rings. The van der Waals surface area contributed by atoms with Crippen molar-refractivity contribution in [1.29, 1.82) is 0 Å². The van der Waals surface area contributed by atoms with Crippen molar-refractivity contribution in [2.24, 2.45) is 0 Å². The van der Waals surface area contributed by atoms with E-state index in [0.29, 0.717) is 11.4 Å². The largest absolute Gasteiger partial charge is 0.496 e. The standard InChI is InChI=1S/C13H11ClFN3O3/c1-20-10-4-3-7(5-8(10)12(19)21-2)17-11-9(15)6-16-13(14)18-11/h3-6H,1-2H3,(H,16,17,18). The van der Waals surface area contributed by atoms with Crippen LogP contribution < -0.4 is 10.1 Å². The summed E-state index contributed by atoms with van der Waals surface area (Å²) in [4.78, 5) is 18.9. The third kappa shape index (κ3) is 3.38. The Hall–Kier alpha value is -2.41. The van der Waals surface area contributed by atoms with E-state index in [-0.39, 0.29) is 16.7 Å². The summed E-state index contributed by atoms with van der Waals surface area (Å²) in [6, 6.07) is 4.61. The Bertz CT molecular complexity index is 682. The number of nitrogens with zero attached hydrogens (tertiary/aromatic N) is 2. The van der Waals surface area contributed by atoms with Crippen LogP contribution in [0.4, 0.5) is 15.9 Å². The Morgan fingerprint density at radius 1 is 1.38 bits per heavy atom. The smallest absolute Gasteiger partial charge is 0.341 e. The lowest BCUT2D eigenvalue weighted by Gasteiger charge is -2.11. The van der Waals surface area contributed by atoms with Crippen LogP contribution in [0.5, 0.6) is 5.75 Å². The quantitative estimate of drug-likeness (QED) is 0.691. The summed E-state index contributed by atoms with van der Waals surface area (Å²) in [7, 11) is 2.68. The molecule has 2 aromatic rings. The first-order valence-electron chi connectivity index (χ1n) is 5.76. The molecule has 0 saturated heterocycles. The monoisotopic (exact) mass is 311 g/mol. The van der Waals surface area contributed by atoms with Crippen molar-refractivity contribution in [2.45, 2.75) is 0 Å². The van der Waals surface area contributed by atoms with Crippen LogP contribution in [0.2, 0.25) is 5.28 Å². The van der Waals surface area contributed by atoms with Crippen LogP contribution >= 0.6 is 11.6 Å². The van der Waals surface area contributed by atoms with Crippen LogP contribution in [-0.4, -0.2) is 30.2 Å². The molecule has 0 aliphatic rings. The number of halogens is 2. The third-order valence-electron chi connectivity index (χ3n) is 2.58. The van der Waals surface area contributed by atoms with Gasteiger partial charge in [-0.05, 0) is 29.8 Å². The molecule has 21 heavy (non-hydrogen) atoms. The van der Waals surface area contributed by atoms with Gasteiger partial charge in [0.25, 0.3) is 0 Å². The van der Waals surface area contributed by atoms with Crippen LogP contribution in [0.1, 0.15) is 10.4 Å². The van der Waals surface area contributed by atoms with Gasteiger partial charge in [0, 0.05) is 5.69 Å². The number of hydrogen-bond donors (Lipinski definition) is 1. The SMILES string of the molecule is COC(=O)c1cc(Nc2nc(Cl)ncc2F)ccc1OC. The summed E-state index contributed by atoms with van der Waals surface area (Å²) in [6.07, 6.45) is 0.947. The molecule has 0 atom stereocenters. The number of methoxy groups -OCH3 is 2. The highest BCUT2D eigenvalue weighted by molar-refractivity contribution is 6.28. The van der Waals surface area contributed by atoms with E-state index < -0.39 is 11.8 Å². The van der Waals surface area contributed by atoms with Crippen molar-refractivity contribution in [2.75, 3.05) is 19.5 Å². The average molecular weight is 312 g/mol. The predicted octanol–water partition coefficient (Wildman–Crippen LogP) is 2.81. The summed E-state index contributed by atoms with van der Waals surface area (Å²) in [5, 5.41) is 2.61. The van der Waals surface area contributed by atoms with Gasteiger partial charge in [0.2, 0.25) is 5.28 Å². The highest BCUT2D eigenvalue weighted by atomic mass is 35.5. The number of carbonyl (C=O) groups excluding carboxylic acids is 1. The second-order valence-corrected chi connectivity index (χ2v) is 4.21. The van der Waals surface area contributed by atoms with Crippen molar-refractivity contribution in [3.05, 3.63) is 41.1 Å². The summed E-state index contributed by atoms with van der Waals surface area (Å²) in [5.41, 5.74) is 0.621. The van der Waals surface area contributed by atoms with Gasteiger partial charge in [-0.2, -0.15) is 4.98 Å². The highest BCUT2D eigenvalue weighted by Crippen LogP contribution is 2.26. The molecule has 6 nitrogen and oxygen atoms in total. The number of ether oxygens (including phenoxy) is 2. The minimum atomic E-state index is -0.671. The van der Waals surface area contributed by atoms with E-state index in [1.165, 1.54) is 20.3 Å². The first-order chi connectivity index (χ1) is 10.0. The van der Waals surface area contributed by atoms with Crippen LogP contribution in [0, 0.1) is 5.82 Å². The van der Waals surface area contributed by atoms with Gasteiger partial charge in [-0.1, -0.05) is 0 Å². The maximum atomic E-state index is 13.6. The Labute approximate surface area is 124 Å². The van der Waals surface area contributed by atoms with E-state index in [1.54, 1.807) is 12.1 Å². The molecule has 0 spiro atoms. The Morgan fingerprint density at radius 2 is 2.14 bits per heavy atom. The molecular formula is C13H11ClFN3O3. The van der Waals surface area contributed by atoms with Gasteiger partial charge in [-0.15, -0.1) is 0 Å². The van der Waals surface area contributed by atoms with E-state index in [0.717, 1.165) is 6.20 Å². The first kappa shape index (κ1) is 15.0. The third-order valence-corrected chi connectivity index (χ3v) is 2.76. The van der Waals surface area contributed by atoms with Crippen LogP contribution in [0.15, 0.2) is 24.4 Å². The number of esters is 1. The van der Waals surface area contributed by atoms with E-state index in [1.807, 2.05) is 0 Å². The Kier molecular flexibility index (Phi) is 4.54. The molecule has 0 aliphatic carbocycles. The van der Waals surface area contributed by atoms with Gasteiger partial charge in [0.15, 0.2) is 11.6 Å². The van der Waals surface area contributed by atoms with E-state index in [9.17, 15) is 9.18 Å². The van der Waals surface area contributed by atoms with Gasteiger partial charge in [0.1, 0.15) is 11.3 Å². The van der Waals surface area contributed by atoms with E-state index in [4.69, 9.17) is 16.3 Å². The first-order valence-corrected chi connectivity index (χ1v) is 6.14. The summed E-state index contributed by atoms with van der Waals surface area (Å²) in [6.45, 7) is 0. The van der Waals surface area contributed by atoms with Crippen molar-refractivity contribution in [3.63, 3.8) is 0 Å². The molecule has 2 rings (SSSR count). The minimum Gasteiger partial charge on any atom is -0.496 e. The van der Waals surface area contributed by atoms with Gasteiger partial charge in [-0.3, -0.25) is 0 Å². The summed E-state index contributed by atoms with van der Waals surface area (Å²) >= 11 is 5.61. The second-order valence-electron chi connectivity index (χ2n) is 3.87.